The lowest BCUT2D eigenvalue weighted by atomic mass is 10.5. The van der Waals surface area contributed by atoms with Crippen LogP contribution in [0, 0.1) is 0 Å². The van der Waals surface area contributed by atoms with Gasteiger partial charge in [-0.05, 0) is 6.92 Å². The minimum atomic E-state index is -3.76. The van der Waals surface area contributed by atoms with Crippen molar-refractivity contribution in [3.8, 4) is 0 Å². The van der Waals surface area contributed by atoms with Crippen molar-refractivity contribution in [1.29, 1.82) is 0 Å². The lowest BCUT2D eigenvalue weighted by Gasteiger charge is -2.13. The molecule has 0 spiro atoms. The Morgan fingerprint density at radius 1 is 1.58 bits per heavy atom. The van der Waals surface area contributed by atoms with Gasteiger partial charge in [-0.1, -0.05) is 0 Å². The van der Waals surface area contributed by atoms with Crippen molar-refractivity contribution in [1.82, 2.24) is 9.62 Å². The Kier molecular flexibility index (Phi) is 4.15. The third kappa shape index (κ3) is 5.05. The smallest absolute Gasteiger partial charge is 0.274 e. The molecule has 0 aliphatic heterocycles. The van der Waals surface area contributed by atoms with Gasteiger partial charge in [0.15, 0.2) is 0 Å². The van der Waals surface area contributed by atoms with E-state index in [0.717, 1.165) is 0 Å². The Morgan fingerprint density at radius 2 is 2.08 bits per heavy atom. The molecule has 6 nitrogen and oxygen atoms in total. The van der Waals surface area contributed by atoms with Crippen LogP contribution in [-0.2, 0) is 15.0 Å². The molecule has 72 valence electrons. The lowest BCUT2D eigenvalue weighted by Crippen LogP contribution is -2.40. The van der Waals surface area contributed by atoms with Crippen LogP contribution in [0.3, 0.4) is 0 Å². The SMILES string of the molecule is CCN(C)C(=O)CNS(N)(=O)=O. The van der Waals surface area contributed by atoms with Crippen LogP contribution in [0.5, 0.6) is 0 Å². The summed E-state index contributed by atoms with van der Waals surface area (Å²) in [6, 6.07) is 0. The van der Waals surface area contributed by atoms with E-state index >= 15 is 0 Å². The molecule has 1 amide bonds. The number of hydrogen-bond donors (Lipinski definition) is 2. The molecule has 3 N–H and O–H groups in total. The molecule has 0 fully saturated rings. The zero-order valence-electron chi connectivity index (χ0n) is 7.07. The number of carbonyl (C=O) groups is 1. The van der Waals surface area contributed by atoms with Gasteiger partial charge in [-0.2, -0.15) is 13.1 Å². The van der Waals surface area contributed by atoms with Gasteiger partial charge in [-0.15, -0.1) is 0 Å². The summed E-state index contributed by atoms with van der Waals surface area (Å²) in [7, 11) is -2.18. The molecule has 0 saturated heterocycles. The van der Waals surface area contributed by atoms with E-state index < -0.39 is 10.2 Å². The highest BCUT2D eigenvalue weighted by Crippen LogP contribution is 1.81. The molecule has 0 saturated carbocycles. The fourth-order valence-corrected chi connectivity index (χ4v) is 0.798. The molecule has 0 rings (SSSR count). The zero-order chi connectivity index (χ0) is 9.78. The molecule has 0 aromatic rings. The first-order chi connectivity index (χ1) is 5.37. The van der Waals surface area contributed by atoms with Gasteiger partial charge in [0.1, 0.15) is 0 Å². The molecule has 0 atom stereocenters. The maximum atomic E-state index is 11.0. The molecule has 7 heteroatoms. The first kappa shape index (κ1) is 11.3. The van der Waals surface area contributed by atoms with E-state index in [-0.39, 0.29) is 12.5 Å². The molecule has 0 unspecified atom stereocenters. The van der Waals surface area contributed by atoms with Crippen LogP contribution < -0.4 is 9.86 Å². The minimum absolute atomic E-state index is 0.289. The highest BCUT2D eigenvalue weighted by atomic mass is 32.2. The molecule has 0 aliphatic rings. The fourth-order valence-electron chi connectivity index (χ4n) is 0.474. The van der Waals surface area contributed by atoms with Crippen LogP contribution >= 0.6 is 0 Å². The Labute approximate surface area is 71.9 Å². The van der Waals surface area contributed by atoms with Crippen LogP contribution in [0.2, 0.25) is 0 Å². The third-order valence-corrected chi connectivity index (χ3v) is 1.87. The Bertz CT molecular complexity index is 249. The van der Waals surface area contributed by atoms with Crippen LogP contribution in [0.15, 0.2) is 0 Å². The van der Waals surface area contributed by atoms with Gasteiger partial charge < -0.3 is 4.90 Å². The van der Waals surface area contributed by atoms with Crippen molar-refractivity contribution in [3.05, 3.63) is 0 Å². The predicted octanol–water partition coefficient (Wildman–Crippen LogP) is -1.74. The second-order valence-electron chi connectivity index (χ2n) is 2.27. The highest BCUT2D eigenvalue weighted by Gasteiger charge is 2.09. The maximum absolute atomic E-state index is 11.0. The highest BCUT2D eigenvalue weighted by molar-refractivity contribution is 7.87. The molecule has 0 aromatic carbocycles. The van der Waals surface area contributed by atoms with Crippen molar-refractivity contribution in [3.63, 3.8) is 0 Å². The number of carbonyl (C=O) groups excluding carboxylic acids is 1. The van der Waals surface area contributed by atoms with Gasteiger partial charge in [-0.25, -0.2) is 5.14 Å². The second-order valence-corrected chi connectivity index (χ2v) is 3.65. The van der Waals surface area contributed by atoms with Crippen molar-refractivity contribution >= 4 is 16.1 Å². The second kappa shape index (κ2) is 4.39. The first-order valence-electron chi connectivity index (χ1n) is 3.38. The van der Waals surface area contributed by atoms with Crippen molar-refractivity contribution in [2.45, 2.75) is 6.92 Å². The van der Waals surface area contributed by atoms with Gasteiger partial charge in [0, 0.05) is 13.6 Å². The standard InChI is InChI=1S/C5H13N3O3S/c1-3-8(2)5(9)4-7-12(6,10)11/h7H,3-4H2,1-2H3,(H2,6,10,11). The summed E-state index contributed by atoms with van der Waals surface area (Å²) in [6.07, 6.45) is 0. The van der Waals surface area contributed by atoms with E-state index in [2.05, 4.69) is 5.14 Å². The van der Waals surface area contributed by atoms with Crippen molar-refractivity contribution in [2.75, 3.05) is 20.1 Å². The van der Waals surface area contributed by atoms with Crippen LogP contribution in [-0.4, -0.2) is 39.4 Å². The molecule has 0 heterocycles. The van der Waals surface area contributed by atoms with E-state index in [9.17, 15) is 13.2 Å². The Hall–Kier alpha value is -0.660. The third-order valence-electron chi connectivity index (χ3n) is 1.32. The number of nitrogens with zero attached hydrogens (tertiary/aromatic N) is 1. The van der Waals surface area contributed by atoms with E-state index in [1.807, 2.05) is 4.72 Å². The number of nitrogens with one attached hydrogen (secondary N) is 1. The van der Waals surface area contributed by atoms with E-state index in [0.29, 0.717) is 6.54 Å². The van der Waals surface area contributed by atoms with E-state index in [4.69, 9.17) is 0 Å². The summed E-state index contributed by atoms with van der Waals surface area (Å²) in [5.41, 5.74) is 0. The summed E-state index contributed by atoms with van der Waals surface area (Å²) >= 11 is 0. The minimum Gasteiger partial charge on any atom is -0.345 e. The van der Waals surface area contributed by atoms with Crippen molar-refractivity contribution in [2.24, 2.45) is 5.14 Å². The van der Waals surface area contributed by atoms with E-state index in [1.165, 1.54) is 4.90 Å². The Morgan fingerprint density at radius 3 is 2.42 bits per heavy atom. The van der Waals surface area contributed by atoms with Crippen LogP contribution in [0.1, 0.15) is 6.92 Å². The van der Waals surface area contributed by atoms with Crippen LogP contribution in [0.4, 0.5) is 0 Å². The van der Waals surface area contributed by atoms with Gasteiger partial charge in [0.05, 0.1) is 6.54 Å². The molecule has 0 aliphatic carbocycles. The summed E-state index contributed by atoms with van der Waals surface area (Å²) in [5.74, 6) is -0.313. The Balaban J connectivity index is 3.88. The number of hydrogen-bond acceptors (Lipinski definition) is 3. The topological polar surface area (TPSA) is 92.5 Å². The van der Waals surface area contributed by atoms with E-state index in [1.54, 1.807) is 14.0 Å². The average molecular weight is 195 g/mol. The van der Waals surface area contributed by atoms with Crippen molar-refractivity contribution < 1.29 is 13.2 Å². The number of nitrogens with two attached hydrogens (primary N) is 1. The fraction of sp³-hybridized carbons (Fsp3) is 0.800. The van der Waals surface area contributed by atoms with Gasteiger partial charge in [0.25, 0.3) is 10.2 Å². The average Bonchev–Trinajstić information content (AvgIpc) is 1.97. The summed E-state index contributed by atoms with van der Waals surface area (Å²) in [4.78, 5) is 12.4. The molecule has 12 heavy (non-hydrogen) atoms. The quantitative estimate of drug-likeness (QED) is 0.557. The first-order valence-corrected chi connectivity index (χ1v) is 4.92. The molecule has 0 radical (unpaired) electrons. The predicted molar refractivity (Wildman–Crippen MR) is 44.4 cm³/mol. The monoisotopic (exact) mass is 195 g/mol. The number of rotatable bonds is 4. The summed E-state index contributed by atoms with van der Waals surface area (Å²) in [5, 5.41) is 4.62. The number of likely N-dealkylation sites (N-methyl/N-ethyl adjacent to an activating group) is 1. The van der Waals surface area contributed by atoms with Gasteiger partial charge >= 0.3 is 0 Å². The molecule has 0 aromatic heterocycles. The van der Waals surface area contributed by atoms with Crippen LogP contribution in [0.25, 0.3) is 0 Å². The molecular weight excluding hydrogens is 182 g/mol. The largest absolute Gasteiger partial charge is 0.345 e. The molecular formula is C5H13N3O3S. The maximum Gasteiger partial charge on any atom is 0.274 e. The van der Waals surface area contributed by atoms with Gasteiger partial charge in [0.2, 0.25) is 5.91 Å². The molecule has 0 bridgehead atoms. The summed E-state index contributed by atoms with van der Waals surface area (Å²) < 4.78 is 22.6. The zero-order valence-corrected chi connectivity index (χ0v) is 7.89. The lowest BCUT2D eigenvalue weighted by molar-refractivity contribution is -0.128. The number of amides is 1. The van der Waals surface area contributed by atoms with Gasteiger partial charge in [-0.3, -0.25) is 4.79 Å². The normalized spacial score (nSPS) is 11.2. The summed E-state index contributed by atoms with van der Waals surface area (Å²) in [6.45, 7) is 2.03.